The Labute approximate surface area is 168 Å². The van der Waals surface area contributed by atoms with Crippen molar-refractivity contribution in [3.8, 4) is 17.2 Å². The SMILES string of the molecule is COc1cccc(OCc2nc(C(=O)N(C)CC3Cc4ccccc4O3)co2)c1. The molecule has 0 radical (unpaired) electrons. The number of rotatable bonds is 7. The number of hydrogen-bond donors (Lipinski definition) is 0. The highest BCUT2D eigenvalue weighted by atomic mass is 16.5. The molecule has 1 unspecified atom stereocenters. The number of hydrogen-bond acceptors (Lipinski definition) is 6. The Morgan fingerprint density at radius 1 is 1.21 bits per heavy atom. The molecule has 3 aromatic rings. The van der Waals surface area contributed by atoms with Crippen molar-refractivity contribution in [1.29, 1.82) is 0 Å². The molecule has 1 atom stereocenters. The summed E-state index contributed by atoms with van der Waals surface area (Å²) < 4.78 is 22.1. The normalized spacial score (nSPS) is 14.8. The molecule has 4 rings (SSSR count). The summed E-state index contributed by atoms with van der Waals surface area (Å²) in [4.78, 5) is 18.5. The second-order valence-corrected chi connectivity index (χ2v) is 6.83. The van der Waals surface area contributed by atoms with Gasteiger partial charge in [-0.05, 0) is 23.8 Å². The molecule has 0 saturated carbocycles. The fraction of sp³-hybridized carbons (Fsp3) is 0.273. The number of aromatic nitrogens is 1. The van der Waals surface area contributed by atoms with Gasteiger partial charge in [-0.1, -0.05) is 24.3 Å². The highest BCUT2D eigenvalue weighted by molar-refractivity contribution is 5.91. The molecule has 0 spiro atoms. The number of methoxy groups -OCH3 is 1. The van der Waals surface area contributed by atoms with Gasteiger partial charge in [0.1, 0.15) is 29.6 Å². The van der Waals surface area contributed by atoms with Crippen molar-refractivity contribution in [3.05, 3.63) is 71.9 Å². The summed E-state index contributed by atoms with van der Waals surface area (Å²) in [6, 6.07) is 15.2. The first-order valence-electron chi connectivity index (χ1n) is 9.33. The van der Waals surface area contributed by atoms with E-state index in [2.05, 4.69) is 4.98 Å². The first kappa shape index (κ1) is 18.9. The fourth-order valence-electron chi connectivity index (χ4n) is 3.25. The number of amides is 1. The molecule has 2 heterocycles. The number of oxazole rings is 1. The molecule has 2 aromatic carbocycles. The molecule has 29 heavy (non-hydrogen) atoms. The summed E-state index contributed by atoms with van der Waals surface area (Å²) in [6.07, 6.45) is 2.07. The minimum absolute atomic E-state index is 0.0656. The standard InChI is InChI=1S/C22H22N2O5/c1-24(12-18-10-15-6-3-4-9-20(15)29-18)22(25)19-13-28-21(23-19)14-27-17-8-5-7-16(11-17)26-2/h3-9,11,13,18H,10,12,14H2,1-2H3. The summed E-state index contributed by atoms with van der Waals surface area (Å²) in [5, 5.41) is 0. The van der Waals surface area contributed by atoms with Crippen molar-refractivity contribution < 1.29 is 23.4 Å². The molecule has 0 bridgehead atoms. The largest absolute Gasteiger partial charge is 0.497 e. The minimum Gasteiger partial charge on any atom is -0.497 e. The van der Waals surface area contributed by atoms with E-state index in [0.29, 0.717) is 23.9 Å². The maximum Gasteiger partial charge on any atom is 0.275 e. The predicted molar refractivity (Wildman–Crippen MR) is 105 cm³/mol. The molecule has 0 aliphatic carbocycles. The highest BCUT2D eigenvalue weighted by Crippen LogP contribution is 2.28. The third-order valence-electron chi connectivity index (χ3n) is 4.71. The third-order valence-corrected chi connectivity index (χ3v) is 4.71. The van der Waals surface area contributed by atoms with Gasteiger partial charge in [0, 0.05) is 19.5 Å². The van der Waals surface area contributed by atoms with Crippen LogP contribution in [0.3, 0.4) is 0 Å². The lowest BCUT2D eigenvalue weighted by atomic mass is 10.1. The Balaban J connectivity index is 1.32. The van der Waals surface area contributed by atoms with E-state index in [-0.39, 0.29) is 24.3 Å². The minimum atomic E-state index is -0.221. The van der Waals surface area contributed by atoms with Crippen LogP contribution in [0.5, 0.6) is 17.2 Å². The third kappa shape index (κ3) is 4.34. The molecule has 1 amide bonds. The van der Waals surface area contributed by atoms with Crippen molar-refractivity contribution in [2.24, 2.45) is 0 Å². The van der Waals surface area contributed by atoms with E-state index in [0.717, 1.165) is 17.7 Å². The van der Waals surface area contributed by atoms with Gasteiger partial charge in [-0.15, -0.1) is 0 Å². The van der Waals surface area contributed by atoms with Crippen LogP contribution in [0.25, 0.3) is 0 Å². The van der Waals surface area contributed by atoms with Crippen LogP contribution in [0.15, 0.2) is 59.2 Å². The molecule has 150 valence electrons. The van der Waals surface area contributed by atoms with Crippen molar-refractivity contribution in [3.63, 3.8) is 0 Å². The number of nitrogens with zero attached hydrogens (tertiary/aromatic N) is 2. The van der Waals surface area contributed by atoms with Gasteiger partial charge in [0.2, 0.25) is 5.89 Å². The topological polar surface area (TPSA) is 74.0 Å². The van der Waals surface area contributed by atoms with Crippen molar-refractivity contribution in [2.45, 2.75) is 19.1 Å². The van der Waals surface area contributed by atoms with E-state index in [1.54, 1.807) is 25.1 Å². The fourth-order valence-corrected chi connectivity index (χ4v) is 3.25. The quantitative estimate of drug-likeness (QED) is 0.612. The van der Waals surface area contributed by atoms with Crippen molar-refractivity contribution in [2.75, 3.05) is 20.7 Å². The number of likely N-dealkylation sites (N-methyl/N-ethyl adjacent to an activating group) is 1. The zero-order valence-electron chi connectivity index (χ0n) is 16.3. The van der Waals surface area contributed by atoms with E-state index in [1.807, 2.05) is 42.5 Å². The summed E-state index contributed by atoms with van der Waals surface area (Å²) in [6.45, 7) is 0.585. The van der Waals surface area contributed by atoms with E-state index in [9.17, 15) is 4.79 Å². The monoisotopic (exact) mass is 394 g/mol. The Kier molecular flexibility index (Phi) is 5.37. The summed E-state index contributed by atoms with van der Waals surface area (Å²) in [7, 11) is 3.33. The van der Waals surface area contributed by atoms with Gasteiger partial charge >= 0.3 is 0 Å². The van der Waals surface area contributed by atoms with Gasteiger partial charge in [0.15, 0.2) is 12.3 Å². The maximum absolute atomic E-state index is 12.7. The lowest BCUT2D eigenvalue weighted by Crippen LogP contribution is -2.36. The molecule has 0 saturated heterocycles. The highest BCUT2D eigenvalue weighted by Gasteiger charge is 2.26. The van der Waals surface area contributed by atoms with Crippen molar-refractivity contribution >= 4 is 5.91 Å². The van der Waals surface area contributed by atoms with Gasteiger partial charge in [-0.3, -0.25) is 4.79 Å². The molecular weight excluding hydrogens is 372 g/mol. The van der Waals surface area contributed by atoms with E-state index in [4.69, 9.17) is 18.6 Å². The molecule has 7 heteroatoms. The van der Waals surface area contributed by atoms with Crippen LogP contribution in [0.2, 0.25) is 0 Å². The van der Waals surface area contributed by atoms with Gasteiger partial charge < -0.3 is 23.5 Å². The number of fused-ring (bicyclic) bond motifs is 1. The first-order chi connectivity index (χ1) is 14.1. The molecule has 1 aromatic heterocycles. The van der Waals surface area contributed by atoms with Crippen LogP contribution in [0, 0.1) is 0 Å². The van der Waals surface area contributed by atoms with Gasteiger partial charge in [-0.25, -0.2) is 4.98 Å². The lowest BCUT2D eigenvalue weighted by Gasteiger charge is -2.20. The molecule has 0 N–H and O–H groups in total. The summed E-state index contributed by atoms with van der Waals surface area (Å²) in [5.74, 6) is 2.32. The van der Waals surface area contributed by atoms with E-state index >= 15 is 0 Å². The Hall–Kier alpha value is -3.48. The zero-order chi connectivity index (χ0) is 20.2. The molecular formula is C22H22N2O5. The summed E-state index contributed by atoms with van der Waals surface area (Å²) in [5.41, 5.74) is 1.41. The predicted octanol–water partition coefficient (Wildman–Crippen LogP) is 3.34. The lowest BCUT2D eigenvalue weighted by molar-refractivity contribution is 0.0724. The molecule has 0 fully saturated rings. The maximum atomic E-state index is 12.7. The van der Waals surface area contributed by atoms with Gasteiger partial charge in [-0.2, -0.15) is 0 Å². The molecule has 1 aliphatic rings. The smallest absolute Gasteiger partial charge is 0.275 e. The van der Waals surface area contributed by atoms with Crippen LogP contribution < -0.4 is 14.2 Å². The average Bonchev–Trinajstić information content (AvgIpc) is 3.38. The number of ether oxygens (including phenoxy) is 3. The van der Waals surface area contributed by atoms with E-state index in [1.165, 1.54) is 6.26 Å². The van der Waals surface area contributed by atoms with Crippen LogP contribution in [-0.2, 0) is 13.0 Å². The van der Waals surface area contributed by atoms with Gasteiger partial charge in [0.05, 0.1) is 13.7 Å². The molecule has 7 nitrogen and oxygen atoms in total. The van der Waals surface area contributed by atoms with Gasteiger partial charge in [0.25, 0.3) is 5.91 Å². The Bertz CT molecular complexity index is 975. The number of carbonyl (C=O) groups is 1. The van der Waals surface area contributed by atoms with Crippen LogP contribution in [-0.4, -0.2) is 42.6 Å². The van der Waals surface area contributed by atoms with Crippen LogP contribution in [0.1, 0.15) is 21.9 Å². The molecule has 1 aliphatic heterocycles. The zero-order valence-corrected chi connectivity index (χ0v) is 16.3. The first-order valence-corrected chi connectivity index (χ1v) is 9.33. The van der Waals surface area contributed by atoms with Crippen LogP contribution >= 0.6 is 0 Å². The second-order valence-electron chi connectivity index (χ2n) is 6.83. The van der Waals surface area contributed by atoms with E-state index < -0.39 is 0 Å². The number of benzene rings is 2. The number of carbonyl (C=O) groups excluding carboxylic acids is 1. The second kappa shape index (κ2) is 8.26. The summed E-state index contributed by atoms with van der Waals surface area (Å²) >= 11 is 0. The Morgan fingerprint density at radius 3 is 2.86 bits per heavy atom. The average molecular weight is 394 g/mol. The van der Waals surface area contributed by atoms with Crippen LogP contribution in [0.4, 0.5) is 0 Å². The number of para-hydroxylation sites is 1. The Morgan fingerprint density at radius 2 is 2.03 bits per heavy atom. The van der Waals surface area contributed by atoms with Crippen molar-refractivity contribution in [1.82, 2.24) is 9.88 Å².